The van der Waals surface area contributed by atoms with Crippen LogP contribution in [0, 0.1) is 74.4 Å². The van der Waals surface area contributed by atoms with E-state index < -0.39 is 29.5 Å². The van der Waals surface area contributed by atoms with Crippen LogP contribution in [0.4, 0.5) is 0 Å². The predicted molar refractivity (Wildman–Crippen MR) is 314 cm³/mol. The lowest BCUT2D eigenvalue weighted by molar-refractivity contribution is -0.164. The molecule has 408 valence electrons. The zero-order chi connectivity index (χ0) is 53.8. The van der Waals surface area contributed by atoms with Crippen LogP contribution in [0.3, 0.4) is 0 Å². The van der Waals surface area contributed by atoms with Gasteiger partial charge >= 0.3 is 5.97 Å². The fourth-order valence-corrected chi connectivity index (χ4v) is 20.7. The second-order valence-corrected chi connectivity index (χ2v) is 27.5. The molecule has 0 radical (unpaired) electrons. The summed E-state index contributed by atoms with van der Waals surface area (Å²) in [4.78, 5) is 14.2. The number of rotatable bonds is 13. The number of phenolic OH excluding ortho intramolecular Hbond substituents is 1. The van der Waals surface area contributed by atoms with Crippen LogP contribution in [0.25, 0.3) is 22.8 Å². The van der Waals surface area contributed by atoms with Crippen molar-refractivity contribution in [2.24, 2.45) is 74.4 Å². The molecule has 4 N–H and O–H groups in total. The number of carbonyl (C=O) groups is 1. The van der Waals surface area contributed by atoms with Gasteiger partial charge in [-0.05, 0) is 200 Å². The van der Waals surface area contributed by atoms with E-state index in [1.165, 1.54) is 70.4 Å². The molecule has 2 bridgehead atoms. The molecule has 4 fully saturated rings. The molecule has 0 spiro atoms. The number of fused-ring (bicyclic) bond motifs is 4. The molecular formula is C73H86O5. The van der Waals surface area contributed by atoms with Crippen molar-refractivity contribution in [1.29, 1.82) is 0 Å². The van der Waals surface area contributed by atoms with Crippen molar-refractivity contribution in [3.05, 3.63) is 172 Å². The number of aliphatic hydroxyl groups excluding tert-OH is 2. The molecule has 13 rings (SSSR count). The Morgan fingerprint density at radius 1 is 0.795 bits per heavy atom. The van der Waals surface area contributed by atoms with E-state index in [1.54, 1.807) is 23.3 Å². The number of carboxylic acids is 1. The number of carboxylic acid groups (broad SMARTS) is 1. The van der Waals surface area contributed by atoms with Crippen LogP contribution < -0.4 is 10.4 Å². The first kappa shape index (κ1) is 52.2. The molecule has 0 unspecified atom stereocenters. The molecule has 4 saturated carbocycles. The van der Waals surface area contributed by atoms with Crippen molar-refractivity contribution in [3.8, 4) is 16.9 Å². The Morgan fingerprint density at radius 2 is 1.54 bits per heavy atom. The molecule has 9 aliphatic rings. The number of hydrogen-bond acceptors (Lipinski definition) is 4. The third-order valence-corrected chi connectivity index (χ3v) is 24.1. The van der Waals surface area contributed by atoms with Crippen LogP contribution in [-0.4, -0.2) is 38.6 Å². The lowest BCUT2D eigenvalue weighted by Crippen LogP contribution is -2.68. The summed E-state index contributed by atoms with van der Waals surface area (Å²) in [5.74, 6) is 0.714. The molecular weight excluding hydrogens is 957 g/mol. The Bertz CT molecular complexity index is 3200. The lowest BCUT2D eigenvalue weighted by atomic mass is 9.30. The highest BCUT2D eigenvalue weighted by atomic mass is 16.4. The molecule has 5 heteroatoms. The van der Waals surface area contributed by atoms with Crippen LogP contribution >= 0.6 is 0 Å². The van der Waals surface area contributed by atoms with Crippen molar-refractivity contribution in [1.82, 2.24) is 0 Å². The van der Waals surface area contributed by atoms with E-state index >= 15 is 0 Å². The van der Waals surface area contributed by atoms with Crippen LogP contribution in [-0.2, 0) is 17.6 Å². The van der Waals surface area contributed by atoms with Gasteiger partial charge < -0.3 is 20.4 Å². The summed E-state index contributed by atoms with van der Waals surface area (Å²) in [5, 5.41) is 50.2. The van der Waals surface area contributed by atoms with Crippen LogP contribution in [0.15, 0.2) is 150 Å². The fraction of sp³-hybridized carbons (Fsp3) is 0.521. The summed E-state index contributed by atoms with van der Waals surface area (Å²) in [6.07, 6.45) is 29.1. The Kier molecular flexibility index (Phi) is 13.2. The monoisotopic (exact) mass is 1040 g/mol. The first-order chi connectivity index (χ1) is 37.7. The average molecular weight is 1040 g/mol. The number of aromatic hydroxyl groups is 1. The van der Waals surface area contributed by atoms with Gasteiger partial charge in [0.15, 0.2) is 0 Å². The van der Waals surface area contributed by atoms with Crippen molar-refractivity contribution < 1.29 is 25.2 Å². The minimum absolute atomic E-state index is 0.0958. The molecule has 0 heterocycles. The Hall–Kier alpha value is -5.23. The van der Waals surface area contributed by atoms with E-state index in [0.717, 1.165) is 88.2 Å². The number of aliphatic hydroxyl groups is 2. The molecule has 4 aromatic carbocycles. The highest BCUT2D eigenvalue weighted by Gasteiger charge is 2.76. The molecule has 9 aliphatic carbocycles. The molecule has 12 atom stereocenters. The zero-order valence-electron chi connectivity index (χ0n) is 46.9. The van der Waals surface area contributed by atoms with Gasteiger partial charge in [-0.3, -0.25) is 4.79 Å². The van der Waals surface area contributed by atoms with Crippen LogP contribution in [0.5, 0.6) is 5.75 Å². The zero-order valence-corrected chi connectivity index (χ0v) is 46.9. The fourth-order valence-electron chi connectivity index (χ4n) is 20.7. The van der Waals surface area contributed by atoms with Gasteiger partial charge in [0.25, 0.3) is 0 Å². The van der Waals surface area contributed by atoms with Crippen molar-refractivity contribution >= 4 is 17.6 Å². The highest BCUT2D eigenvalue weighted by Crippen LogP contribution is 2.82. The maximum absolute atomic E-state index is 14.2. The topological polar surface area (TPSA) is 98.0 Å². The maximum atomic E-state index is 14.2. The van der Waals surface area contributed by atoms with E-state index in [-0.39, 0.29) is 45.2 Å². The summed E-state index contributed by atoms with van der Waals surface area (Å²) < 4.78 is 0. The van der Waals surface area contributed by atoms with Gasteiger partial charge in [-0.2, -0.15) is 0 Å². The molecule has 0 aliphatic heterocycles. The van der Waals surface area contributed by atoms with Gasteiger partial charge in [-0.25, -0.2) is 0 Å². The molecule has 0 saturated heterocycles. The normalized spacial score (nSPS) is 36.4. The SMILES string of the molecule is C=C(CC[C@@H](C(=O)O)[C@H]1[C@H](O)C[C@@]2(C3CCC(Cc4ccccc4)CC3)C3=C(CC[C@]12C)[C@]12CC[C@H](O)[C@@]4(C)CC=C[C@@](C=C5C(Cc6cccc(-c7ccc(O)cc7)c6)=c6ccccc6=C[C@@H]51)(C3)[C@@H]42)[C@@H](C)C1CCCCC1. The Morgan fingerprint density at radius 3 is 2.31 bits per heavy atom. The first-order valence-corrected chi connectivity index (χ1v) is 30.8. The van der Waals surface area contributed by atoms with E-state index in [2.05, 4.69) is 131 Å². The molecule has 0 amide bonds. The summed E-state index contributed by atoms with van der Waals surface area (Å²) in [6, 6.07) is 36.7. The quantitative estimate of drug-likeness (QED) is 0.100. The van der Waals surface area contributed by atoms with E-state index in [0.29, 0.717) is 42.9 Å². The van der Waals surface area contributed by atoms with E-state index in [4.69, 9.17) is 0 Å². The van der Waals surface area contributed by atoms with Gasteiger partial charge in [-0.1, -0.05) is 179 Å². The summed E-state index contributed by atoms with van der Waals surface area (Å²) in [6.45, 7) is 12.0. The Balaban J connectivity index is 0.956. The highest BCUT2D eigenvalue weighted by molar-refractivity contribution is 5.77. The van der Waals surface area contributed by atoms with E-state index in [1.807, 2.05) is 12.1 Å². The standard InChI is InChI=1S/C73H86O5/c1-46(47(2)51-18-9-6-10-19-51)23-32-58(67(77)78)66-64(75)45-73(55-28-24-49(25-29-55)39-48-15-7-5-8-16-48)63-44-71-36-14-35-69(3)65(76)34-38-72(68(69)71,61(63)33-37-70(66,73)4)62-42-54-20-11-12-22-57(54)59(60(62)43-71)41-50-17-13-21-53(40-50)52-26-30-56(74)31-27-52/h5,7-8,11-17,20-22,26-27,30-31,36,40,42-43,47,49,51,55,58,62,64-66,68,74-76H,1,6,9-10,18-19,23-25,28-29,32-35,37-39,41,44-45H2,2-4H3,(H,77,78)/t47-,49?,55?,58-,62+,64-,65+,66+,68-,69-,70-,71-,72-,73-/m1/s1. The van der Waals surface area contributed by atoms with Gasteiger partial charge in [0, 0.05) is 33.5 Å². The predicted octanol–water partition coefficient (Wildman–Crippen LogP) is 14.7. The largest absolute Gasteiger partial charge is 0.508 e. The maximum Gasteiger partial charge on any atom is 0.306 e. The number of allylic oxidation sites excluding steroid dienone is 7. The molecule has 4 aromatic rings. The summed E-state index contributed by atoms with van der Waals surface area (Å²) >= 11 is 0. The van der Waals surface area contributed by atoms with Gasteiger partial charge in [0.1, 0.15) is 5.75 Å². The van der Waals surface area contributed by atoms with Gasteiger partial charge in [0.05, 0.1) is 18.1 Å². The van der Waals surface area contributed by atoms with E-state index in [9.17, 15) is 25.2 Å². The number of benzene rings is 4. The van der Waals surface area contributed by atoms with Gasteiger partial charge in [0.2, 0.25) is 0 Å². The minimum atomic E-state index is -0.745. The third-order valence-electron chi connectivity index (χ3n) is 24.1. The van der Waals surface area contributed by atoms with Crippen molar-refractivity contribution in [2.45, 2.75) is 161 Å². The minimum Gasteiger partial charge on any atom is -0.508 e. The summed E-state index contributed by atoms with van der Waals surface area (Å²) in [7, 11) is 0. The molecule has 0 aromatic heterocycles. The number of hydrogen-bond donors (Lipinski definition) is 4. The Labute approximate surface area is 465 Å². The van der Waals surface area contributed by atoms with Crippen LogP contribution in [0.2, 0.25) is 0 Å². The summed E-state index contributed by atoms with van der Waals surface area (Å²) in [5.41, 5.74) is 10.4. The second-order valence-electron chi connectivity index (χ2n) is 27.5. The van der Waals surface area contributed by atoms with Gasteiger partial charge in [-0.15, -0.1) is 0 Å². The number of phenols is 1. The third kappa shape index (κ3) is 8.06. The first-order valence-electron chi connectivity index (χ1n) is 30.8. The average Bonchev–Trinajstić information content (AvgIpc) is 1.39. The second kappa shape index (κ2) is 19.8. The van der Waals surface area contributed by atoms with Crippen molar-refractivity contribution in [3.63, 3.8) is 0 Å². The molecule has 78 heavy (non-hydrogen) atoms. The number of aliphatic carboxylic acids is 1. The smallest absolute Gasteiger partial charge is 0.306 e. The lowest BCUT2D eigenvalue weighted by Gasteiger charge is -2.73. The molecule has 5 nitrogen and oxygen atoms in total. The van der Waals surface area contributed by atoms with Crippen LogP contribution in [0.1, 0.15) is 147 Å². The van der Waals surface area contributed by atoms with Crippen molar-refractivity contribution in [2.75, 3.05) is 0 Å².